The van der Waals surface area contributed by atoms with Crippen LogP contribution >= 0.6 is 0 Å². The Labute approximate surface area is 112 Å². The molecular formula is C15H18F2N2. The fourth-order valence-electron chi connectivity index (χ4n) is 2.72. The Morgan fingerprint density at radius 3 is 2.42 bits per heavy atom. The highest BCUT2D eigenvalue weighted by Gasteiger charge is 2.21. The zero-order chi connectivity index (χ0) is 13.8. The van der Waals surface area contributed by atoms with Gasteiger partial charge in [-0.1, -0.05) is 12.8 Å². The second-order valence-electron chi connectivity index (χ2n) is 5.24. The highest BCUT2D eigenvalue weighted by Crippen LogP contribution is 2.27. The topological polar surface area (TPSA) is 35.8 Å². The maximum Gasteiger partial charge on any atom is 0.131 e. The molecular weight excluding hydrogens is 246 g/mol. The lowest BCUT2D eigenvalue weighted by Gasteiger charge is -2.20. The standard InChI is InChI=1S/C15H18F2N2/c1-10(12-4-2-3-5-12)19-9-13-14(16)6-11(8-18)7-15(13)17/h6-7,10,12,19H,2-5,9H2,1H3/t10-/m1/s1. The van der Waals surface area contributed by atoms with E-state index in [2.05, 4.69) is 12.2 Å². The van der Waals surface area contributed by atoms with Crippen molar-refractivity contribution < 1.29 is 8.78 Å². The van der Waals surface area contributed by atoms with E-state index in [4.69, 9.17) is 5.26 Å². The maximum atomic E-state index is 13.7. The second-order valence-corrected chi connectivity index (χ2v) is 5.24. The molecule has 0 saturated heterocycles. The molecule has 1 aliphatic carbocycles. The number of halogens is 2. The van der Waals surface area contributed by atoms with Crippen molar-refractivity contribution in [3.05, 3.63) is 34.9 Å². The summed E-state index contributed by atoms with van der Waals surface area (Å²) >= 11 is 0. The molecule has 1 atom stereocenters. The van der Waals surface area contributed by atoms with Crippen molar-refractivity contribution in [1.29, 1.82) is 5.26 Å². The summed E-state index contributed by atoms with van der Waals surface area (Å²) in [4.78, 5) is 0. The molecule has 1 aliphatic rings. The third-order valence-corrected chi connectivity index (χ3v) is 3.98. The van der Waals surface area contributed by atoms with Gasteiger partial charge in [-0.25, -0.2) is 8.78 Å². The molecule has 19 heavy (non-hydrogen) atoms. The first-order valence-corrected chi connectivity index (χ1v) is 6.73. The lowest BCUT2D eigenvalue weighted by Crippen LogP contribution is -2.32. The number of hydrogen-bond donors (Lipinski definition) is 1. The fraction of sp³-hybridized carbons (Fsp3) is 0.533. The molecule has 0 radical (unpaired) electrons. The molecule has 1 fully saturated rings. The van der Waals surface area contributed by atoms with Crippen LogP contribution in [-0.4, -0.2) is 6.04 Å². The van der Waals surface area contributed by atoms with Gasteiger partial charge in [0, 0.05) is 18.2 Å². The second kappa shape index (κ2) is 6.12. The Hall–Kier alpha value is -1.47. The summed E-state index contributed by atoms with van der Waals surface area (Å²) < 4.78 is 27.4. The number of nitrogens with zero attached hydrogens (tertiary/aromatic N) is 1. The lowest BCUT2D eigenvalue weighted by atomic mass is 9.99. The third kappa shape index (κ3) is 3.30. The van der Waals surface area contributed by atoms with Gasteiger partial charge in [0.2, 0.25) is 0 Å². The van der Waals surface area contributed by atoms with Gasteiger partial charge in [0.15, 0.2) is 0 Å². The van der Waals surface area contributed by atoms with Crippen LogP contribution in [0.25, 0.3) is 0 Å². The van der Waals surface area contributed by atoms with Crippen LogP contribution in [0.2, 0.25) is 0 Å². The lowest BCUT2D eigenvalue weighted by molar-refractivity contribution is 0.374. The number of rotatable bonds is 4. The van der Waals surface area contributed by atoms with Crippen molar-refractivity contribution >= 4 is 0 Å². The van der Waals surface area contributed by atoms with Crippen molar-refractivity contribution in [3.8, 4) is 6.07 Å². The van der Waals surface area contributed by atoms with E-state index < -0.39 is 11.6 Å². The predicted octanol–water partition coefficient (Wildman–Crippen LogP) is 3.50. The van der Waals surface area contributed by atoms with E-state index in [1.807, 2.05) is 0 Å². The normalized spacial score (nSPS) is 17.4. The molecule has 1 saturated carbocycles. The minimum absolute atomic E-state index is 0.0163. The highest BCUT2D eigenvalue weighted by molar-refractivity contribution is 5.34. The van der Waals surface area contributed by atoms with Crippen molar-refractivity contribution in [2.45, 2.75) is 45.2 Å². The Bertz CT molecular complexity index is 464. The maximum absolute atomic E-state index is 13.7. The van der Waals surface area contributed by atoms with Crippen LogP contribution in [0.5, 0.6) is 0 Å². The minimum Gasteiger partial charge on any atom is -0.310 e. The predicted molar refractivity (Wildman–Crippen MR) is 69.3 cm³/mol. The summed E-state index contributed by atoms with van der Waals surface area (Å²) in [6.45, 7) is 2.23. The van der Waals surface area contributed by atoms with E-state index in [-0.39, 0.29) is 23.7 Å². The van der Waals surface area contributed by atoms with Crippen molar-refractivity contribution in [2.24, 2.45) is 5.92 Å². The molecule has 2 nitrogen and oxygen atoms in total. The van der Waals surface area contributed by atoms with E-state index in [0.717, 1.165) is 12.1 Å². The molecule has 1 aromatic carbocycles. The van der Waals surface area contributed by atoms with E-state index >= 15 is 0 Å². The number of nitriles is 1. The Kier molecular flexibility index (Phi) is 4.49. The van der Waals surface area contributed by atoms with Crippen LogP contribution in [0.1, 0.15) is 43.7 Å². The van der Waals surface area contributed by atoms with Crippen molar-refractivity contribution in [3.63, 3.8) is 0 Å². The van der Waals surface area contributed by atoms with Crippen LogP contribution in [0.4, 0.5) is 8.78 Å². The molecule has 4 heteroatoms. The van der Waals surface area contributed by atoms with Crippen LogP contribution in [0.3, 0.4) is 0 Å². The third-order valence-electron chi connectivity index (χ3n) is 3.98. The van der Waals surface area contributed by atoms with E-state index in [0.29, 0.717) is 5.92 Å². The molecule has 0 unspecified atom stereocenters. The van der Waals surface area contributed by atoms with Gasteiger partial charge < -0.3 is 5.32 Å². The molecule has 0 aromatic heterocycles. The molecule has 0 heterocycles. The number of hydrogen-bond acceptors (Lipinski definition) is 2. The summed E-state index contributed by atoms with van der Waals surface area (Å²) in [7, 11) is 0. The van der Waals surface area contributed by atoms with Gasteiger partial charge in [-0.15, -0.1) is 0 Å². The quantitative estimate of drug-likeness (QED) is 0.903. The van der Waals surface area contributed by atoms with E-state index in [9.17, 15) is 8.78 Å². The van der Waals surface area contributed by atoms with Gasteiger partial charge in [-0.3, -0.25) is 0 Å². The van der Waals surface area contributed by atoms with Gasteiger partial charge in [-0.2, -0.15) is 5.26 Å². The summed E-state index contributed by atoms with van der Waals surface area (Å²) in [6, 6.07) is 4.17. The molecule has 0 aliphatic heterocycles. The highest BCUT2D eigenvalue weighted by atomic mass is 19.1. The summed E-state index contributed by atoms with van der Waals surface area (Å²) in [5.74, 6) is -0.699. The zero-order valence-electron chi connectivity index (χ0n) is 11.0. The average Bonchev–Trinajstić information content (AvgIpc) is 2.91. The Balaban J connectivity index is 2.01. The molecule has 1 N–H and O–H groups in total. The monoisotopic (exact) mass is 264 g/mol. The van der Waals surface area contributed by atoms with Crippen LogP contribution in [-0.2, 0) is 6.54 Å². The SMILES string of the molecule is C[C@@H](NCc1c(F)cc(C#N)cc1F)C1CCCC1. The number of nitrogens with one attached hydrogen (secondary N) is 1. The van der Waals surface area contributed by atoms with Gasteiger partial charge in [0.05, 0.1) is 11.6 Å². The first-order valence-electron chi connectivity index (χ1n) is 6.73. The van der Waals surface area contributed by atoms with Crippen LogP contribution in [0, 0.1) is 28.9 Å². The van der Waals surface area contributed by atoms with E-state index in [1.54, 1.807) is 6.07 Å². The molecule has 0 bridgehead atoms. The fourth-order valence-corrected chi connectivity index (χ4v) is 2.72. The summed E-state index contributed by atoms with van der Waals surface area (Å²) in [5.41, 5.74) is 0.0337. The first kappa shape index (κ1) is 14.0. The summed E-state index contributed by atoms with van der Waals surface area (Å²) in [6.07, 6.45) is 4.87. The summed E-state index contributed by atoms with van der Waals surface area (Å²) in [5, 5.41) is 11.8. The molecule has 1 aromatic rings. The number of benzene rings is 1. The van der Waals surface area contributed by atoms with Crippen molar-refractivity contribution in [2.75, 3.05) is 0 Å². The zero-order valence-corrected chi connectivity index (χ0v) is 11.0. The molecule has 2 rings (SSSR count). The van der Waals surface area contributed by atoms with Crippen LogP contribution < -0.4 is 5.32 Å². The van der Waals surface area contributed by atoms with Gasteiger partial charge >= 0.3 is 0 Å². The molecule has 0 spiro atoms. The largest absolute Gasteiger partial charge is 0.310 e. The van der Waals surface area contributed by atoms with Gasteiger partial charge in [0.25, 0.3) is 0 Å². The molecule has 0 amide bonds. The smallest absolute Gasteiger partial charge is 0.131 e. The molecule has 102 valence electrons. The average molecular weight is 264 g/mol. The Morgan fingerprint density at radius 2 is 1.89 bits per heavy atom. The van der Waals surface area contributed by atoms with Crippen molar-refractivity contribution in [1.82, 2.24) is 5.32 Å². The van der Waals surface area contributed by atoms with Gasteiger partial charge in [0.1, 0.15) is 11.6 Å². The van der Waals surface area contributed by atoms with Gasteiger partial charge in [-0.05, 0) is 37.8 Å². The Morgan fingerprint density at radius 1 is 1.32 bits per heavy atom. The van der Waals surface area contributed by atoms with Crippen LogP contribution in [0.15, 0.2) is 12.1 Å². The minimum atomic E-state index is -0.650. The van der Waals surface area contributed by atoms with E-state index in [1.165, 1.54) is 25.7 Å². The first-order chi connectivity index (χ1) is 9.11.